The number of hydrogen-bond acceptors (Lipinski definition) is 4. The Labute approximate surface area is 145 Å². The highest BCUT2D eigenvalue weighted by Gasteiger charge is 2.35. The Hall–Kier alpha value is -3.21. The second-order valence-electron chi connectivity index (χ2n) is 5.91. The van der Waals surface area contributed by atoms with Crippen LogP contribution in [0.25, 0.3) is 0 Å². The molecule has 0 bridgehead atoms. The highest BCUT2D eigenvalue weighted by molar-refractivity contribution is 6.22. The van der Waals surface area contributed by atoms with Crippen LogP contribution in [0.5, 0.6) is 5.75 Å². The molecular formula is C20H17NO4. The number of rotatable bonds is 4. The zero-order valence-electron chi connectivity index (χ0n) is 14.0. The zero-order chi connectivity index (χ0) is 18.1. The quantitative estimate of drug-likeness (QED) is 0.372. The van der Waals surface area contributed by atoms with Crippen LogP contribution in [0.1, 0.15) is 42.2 Å². The maximum atomic E-state index is 12.4. The minimum atomic E-state index is -0.575. The third-order valence-corrected chi connectivity index (χ3v) is 4.21. The summed E-state index contributed by atoms with van der Waals surface area (Å²) in [6, 6.07) is 9.74. The molecule has 0 saturated carbocycles. The molecule has 0 aliphatic carbocycles. The molecule has 126 valence electrons. The monoisotopic (exact) mass is 335 g/mol. The number of amides is 2. The van der Waals surface area contributed by atoms with Crippen molar-refractivity contribution in [2.45, 2.75) is 13.8 Å². The average molecular weight is 335 g/mol. The van der Waals surface area contributed by atoms with Gasteiger partial charge >= 0.3 is 5.97 Å². The van der Waals surface area contributed by atoms with Gasteiger partial charge in [0.2, 0.25) is 0 Å². The first-order chi connectivity index (χ1) is 11.9. The van der Waals surface area contributed by atoms with Crippen LogP contribution in [0.2, 0.25) is 0 Å². The minimum Gasteiger partial charge on any atom is -0.423 e. The molecule has 1 aliphatic heterocycles. The summed E-state index contributed by atoms with van der Waals surface area (Å²) in [5.74, 6) is -0.951. The number of nitrogens with zero attached hydrogens (tertiary/aromatic N) is 1. The Morgan fingerprint density at radius 3 is 2.44 bits per heavy atom. The molecule has 1 heterocycles. The van der Waals surface area contributed by atoms with E-state index >= 15 is 0 Å². The Morgan fingerprint density at radius 2 is 1.76 bits per heavy atom. The Bertz CT molecular complexity index is 914. The van der Waals surface area contributed by atoms with Crippen molar-refractivity contribution in [1.29, 1.82) is 0 Å². The van der Waals surface area contributed by atoms with Gasteiger partial charge in [0.25, 0.3) is 11.8 Å². The van der Waals surface area contributed by atoms with Crippen LogP contribution in [0.3, 0.4) is 0 Å². The molecule has 2 aromatic rings. The number of aryl methyl sites for hydroxylation is 2. The van der Waals surface area contributed by atoms with E-state index in [1.807, 2.05) is 19.9 Å². The van der Waals surface area contributed by atoms with Crippen LogP contribution in [0, 0.1) is 13.8 Å². The van der Waals surface area contributed by atoms with E-state index in [4.69, 9.17) is 4.74 Å². The third-order valence-electron chi connectivity index (χ3n) is 4.21. The van der Waals surface area contributed by atoms with Crippen molar-refractivity contribution in [1.82, 2.24) is 4.90 Å². The first-order valence-electron chi connectivity index (χ1n) is 7.83. The van der Waals surface area contributed by atoms with Crippen molar-refractivity contribution in [3.8, 4) is 5.75 Å². The van der Waals surface area contributed by atoms with E-state index in [0.29, 0.717) is 5.75 Å². The summed E-state index contributed by atoms with van der Waals surface area (Å²) in [6.07, 6.45) is 1.48. The van der Waals surface area contributed by atoms with E-state index in [1.54, 1.807) is 12.1 Å². The highest BCUT2D eigenvalue weighted by atomic mass is 16.5. The van der Waals surface area contributed by atoms with Crippen molar-refractivity contribution in [3.63, 3.8) is 0 Å². The van der Waals surface area contributed by atoms with Gasteiger partial charge in [-0.1, -0.05) is 12.1 Å². The molecule has 3 rings (SSSR count). The standard InChI is InChI=1S/C20H17NO4/c1-4-9-21-18(22)16-8-6-14(11-17(16)19(21)23)20(24)25-15-7-5-12(2)13(3)10-15/h4-8,10-11H,1,9H2,2-3H3. The molecular weight excluding hydrogens is 318 g/mol. The lowest BCUT2D eigenvalue weighted by Crippen LogP contribution is -2.29. The largest absolute Gasteiger partial charge is 0.423 e. The Kier molecular flexibility index (Phi) is 4.23. The molecule has 0 spiro atoms. The molecule has 0 atom stereocenters. The van der Waals surface area contributed by atoms with E-state index < -0.39 is 11.9 Å². The molecule has 0 radical (unpaired) electrons. The lowest BCUT2D eigenvalue weighted by atomic mass is 10.1. The molecule has 0 unspecified atom stereocenters. The van der Waals surface area contributed by atoms with Crippen molar-refractivity contribution >= 4 is 17.8 Å². The second kappa shape index (κ2) is 6.36. The molecule has 1 aliphatic rings. The molecule has 25 heavy (non-hydrogen) atoms. The number of carbonyl (C=O) groups is 3. The van der Waals surface area contributed by atoms with Crippen molar-refractivity contribution < 1.29 is 19.1 Å². The normalized spacial score (nSPS) is 13.0. The summed E-state index contributed by atoms with van der Waals surface area (Å²) < 4.78 is 5.37. The van der Waals surface area contributed by atoms with Crippen LogP contribution in [-0.4, -0.2) is 29.2 Å². The van der Waals surface area contributed by atoms with Gasteiger partial charge in [-0.15, -0.1) is 6.58 Å². The van der Waals surface area contributed by atoms with Gasteiger partial charge in [-0.05, 0) is 55.3 Å². The predicted octanol–water partition coefficient (Wildman–Crippen LogP) is 3.30. The Morgan fingerprint density at radius 1 is 1.04 bits per heavy atom. The predicted molar refractivity (Wildman–Crippen MR) is 92.9 cm³/mol. The van der Waals surface area contributed by atoms with Gasteiger partial charge in [0, 0.05) is 6.54 Å². The summed E-state index contributed by atoms with van der Waals surface area (Å²) >= 11 is 0. The number of benzene rings is 2. The molecule has 0 N–H and O–H groups in total. The first-order valence-corrected chi connectivity index (χ1v) is 7.83. The molecule has 0 aromatic heterocycles. The van der Waals surface area contributed by atoms with E-state index in [1.165, 1.54) is 24.3 Å². The molecule has 2 amide bonds. The minimum absolute atomic E-state index is 0.134. The van der Waals surface area contributed by atoms with Gasteiger partial charge in [0.1, 0.15) is 5.75 Å². The van der Waals surface area contributed by atoms with Crippen LogP contribution in [-0.2, 0) is 0 Å². The average Bonchev–Trinajstić information content (AvgIpc) is 2.83. The summed E-state index contributed by atoms with van der Waals surface area (Å²) in [5.41, 5.74) is 2.83. The molecule has 5 heteroatoms. The van der Waals surface area contributed by atoms with Crippen molar-refractivity contribution in [2.75, 3.05) is 6.54 Å². The SMILES string of the molecule is C=CCN1C(=O)c2ccc(C(=O)Oc3ccc(C)c(C)c3)cc2C1=O. The molecule has 2 aromatic carbocycles. The van der Waals surface area contributed by atoms with E-state index in [9.17, 15) is 14.4 Å². The van der Waals surface area contributed by atoms with Gasteiger partial charge in [0.05, 0.1) is 16.7 Å². The first kappa shape index (κ1) is 16.6. The number of fused-ring (bicyclic) bond motifs is 1. The fourth-order valence-electron chi connectivity index (χ4n) is 2.66. The highest BCUT2D eigenvalue weighted by Crippen LogP contribution is 2.25. The number of ether oxygens (including phenoxy) is 1. The number of esters is 1. The number of hydrogen-bond donors (Lipinski definition) is 0. The maximum Gasteiger partial charge on any atom is 0.343 e. The third kappa shape index (κ3) is 2.96. The number of imide groups is 1. The molecule has 5 nitrogen and oxygen atoms in total. The van der Waals surface area contributed by atoms with Crippen molar-refractivity contribution in [2.24, 2.45) is 0 Å². The topological polar surface area (TPSA) is 63.7 Å². The van der Waals surface area contributed by atoms with Crippen LogP contribution in [0.15, 0.2) is 49.1 Å². The van der Waals surface area contributed by atoms with Gasteiger partial charge < -0.3 is 4.74 Å². The van der Waals surface area contributed by atoms with Gasteiger partial charge in [-0.25, -0.2) is 4.79 Å². The molecule has 0 fully saturated rings. The second-order valence-corrected chi connectivity index (χ2v) is 5.91. The van der Waals surface area contributed by atoms with E-state index in [0.717, 1.165) is 16.0 Å². The fraction of sp³-hybridized carbons (Fsp3) is 0.150. The summed E-state index contributed by atoms with van der Waals surface area (Å²) in [4.78, 5) is 37.9. The zero-order valence-corrected chi connectivity index (χ0v) is 14.0. The summed E-state index contributed by atoms with van der Waals surface area (Å²) in [7, 11) is 0. The van der Waals surface area contributed by atoms with Crippen LogP contribution < -0.4 is 4.74 Å². The Balaban J connectivity index is 1.86. The fourth-order valence-corrected chi connectivity index (χ4v) is 2.66. The van der Waals surface area contributed by atoms with Crippen LogP contribution in [0.4, 0.5) is 0 Å². The van der Waals surface area contributed by atoms with Gasteiger partial charge in [0.15, 0.2) is 0 Å². The number of carbonyl (C=O) groups excluding carboxylic acids is 3. The van der Waals surface area contributed by atoms with Crippen LogP contribution >= 0.6 is 0 Å². The van der Waals surface area contributed by atoms with Gasteiger partial charge in [-0.3, -0.25) is 14.5 Å². The lowest BCUT2D eigenvalue weighted by Gasteiger charge is -2.09. The van der Waals surface area contributed by atoms with E-state index in [2.05, 4.69) is 6.58 Å². The van der Waals surface area contributed by atoms with Crippen molar-refractivity contribution in [3.05, 3.63) is 76.9 Å². The summed E-state index contributed by atoms with van der Waals surface area (Å²) in [5, 5.41) is 0. The summed E-state index contributed by atoms with van der Waals surface area (Å²) in [6.45, 7) is 7.58. The lowest BCUT2D eigenvalue weighted by molar-refractivity contribution is 0.0671. The maximum absolute atomic E-state index is 12.4. The molecule has 0 saturated heterocycles. The smallest absolute Gasteiger partial charge is 0.343 e. The van der Waals surface area contributed by atoms with Gasteiger partial charge in [-0.2, -0.15) is 0 Å². The van der Waals surface area contributed by atoms with E-state index in [-0.39, 0.29) is 29.1 Å².